The first-order valence-electron chi connectivity index (χ1n) is 9.79. The summed E-state index contributed by atoms with van der Waals surface area (Å²) in [5.41, 5.74) is 4.49. The molecule has 2 aliphatic heterocycles. The van der Waals surface area contributed by atoms with Crippen molar-refractivity contribution in [1.82, 2.24) is 9.47 Å². The fourth-order valence-electron chi connectivity index (χ4n) is 5.18. The highest BCUT2D eigenvalue weighted by atomic mass is 16.5. The number of rotatable bonds is 4. The molecule has 0 saturated heterocycles. The number of hydrogen-bond donors (Lipinski definition) is 0. The molecule has 1 unspecified atom stereocenters. The van der Waals surface area contributed by atoms with E-state index in [2.05, 4.69) is 60.6 Å². The highest BCUT2D eigenvalue weighted by Gasteiger charge is 2.48. The number of fused-ring (bicyclic) bond motifs is 3. The summed E-state index contributed by atoms with van der Waals surface area (Å²) in [6.45, 7) is 8.83. The molecular weight excluding hydrogens is 324 g/mol. The van der Waals surface area contributed by atoms with Crippen LogP contribution in [-0.2, 0) is 16.0 Å². The van der Waals surface area contributed by atoms with Crippen LogP contribution in [0.2, 0.25) is 0 Å². The molecule has 0 amide bonds. The fourth-order valence-corrected chi connectivity index (χ4v) is 5.18. The van der Waals surface area contributed by atoms with Crippen LogP contribution in [-0.4, -0.2) is 35.6 Å². The van der Waals surface area contributed by atoms with Gasteiger partial charge in [0.15, 0.2) is 0 Å². The SMILES string of the molecule is CCN1CCc2c3n(c4ccccc24)C(C(=O)OC)=CC(CC)(CC)C31. The summed E-state index contributed by atoms with van der Waals surface area (Å²) in [6.07, 6.45) is 5.25. The molecule has 0 fully saturated rings. The summed E-state index contributed by atoms with van der Waals surface area (Å²) in [5.74, 6) is -0.244. The van der Waals surface area contributed by atoms with E-state index in [-0.39, 0.29) is 11.4 Å². The summed E-state index contributed by atoms with van der Waals surface area (Å²) in [6, 6.07) is 8.79. The van der Waals surface area contributed by atoms with Crippen LogP contribution in [0.4, 0.5) is 0 Å². The van der Waals surface area contributed by atoms with Crippen molar-refractivity contribution in [3.05, 3.63) is 41.6 Å². The van der Waals surface area contributed by atoms with Gasteiger partial charge in [-0.15, -0.1) is 0 Å². The largest absolute Gasteiger partial charge is 0.464 e. The average Bonchev–Trinajstić information content (AvgIpc) is 3.04. The Balaban J connectivity index is 2.11. The molecule has 4 nitrogen and oxygen atoms in total. The minimum atomic E-state index is -0.244. The molecule has 3 heterocycles. The molecule has 2 aromatic rings. The van der Waals surface area contributed by atoms with Gasteiger partial charge >= 0.3 is 5.97 Å². The Morgan fingerprint density at radius 3 is 2.62 bits per heavy atom. The van der Waals surface area contributed by atoms with Gasteiger partial charge in [-0.1, -0.05) is 39.0 Å². The molecule has 1 aromatic heterocycles. The van der Waals surface area contributed by atoms with Crippen LogP contribution in [0.15, 0.2) is 30.3 Å². The summed E-state index contributed by atoms with van der Waals surface area (Å²) < 4.78 is 7.37. The lowest BCUT2D eigenvalue weighted by Crippen LogP contribution is -2.47. The number of aromatic nitrogens is 1. The second-order valence-corrected chi connectivity index (χ2v) is 7.46. The number of para-hydroxylation sites is 1. The third-order valence-corrected chi connectivity index (χ3v) is 6.62. The Kier molecular flexibility index (Phi) is 4.19. The van der Waals surface area contributed by atoms with E-state index >= 15 is 0 Å². The molecule has 0 radical (unpaired) electrons. The number of hydrogen-bond acceptors (Lipinski definition) is 3. The molecule has 0 aliphatic carbocycles. The standard InChI is InChI=1S/C22H28N2O2/c1-5-22(6-2)14-18(21(25)26-4)24-17-11-9-8-10-15(17)16-12-13-23(7-3)20(22)19(16)24/h8-11,14,20H,5-7,12-13H2,1-4H3. The molecular formula is C22H28N2O2. The van der Waals surface area contributed by atoms with E-state index in [1.807, 2.05) is 0 Å². The topological polar surface area (TPSA) is 34.5 Å². The molecule has 0 saturated carbocycles. The maximum absolute atomic E-state index is 12.7. The summed E-state index contributed by atoms with van der Waals surface area (Å²) in [4.78, 5) is 15.3. The van der Waals surface area contributed by atoms with Crippen LogP contribution in [0.25, 0.3) is 16.6 Å². The molecule has 1 atom stereocenters. The van der Waals surface area contributed by atoms with Gasteiger partial charge in [0.25, 0.3) is 0 Å². The minimum Gasteiger partial charge on any atom is -0.464 e. The van der Waals surface area contributed by atoms with E-state index in [0.29, 0.717) is 11.7 Å². The van der Waals surface area contributed by atoms with Crippen molar-refractivity contribution in [2.75, 3.05) is 20.2 Å². The number of carbonyl (C=O) groups is 1. The number of likely N-dealkylation sites (N-methyl/N-ethyl adjacent to an activating group) is 1. The molecule has 2 aliphatic rings. The van der Waals surface area contributed by atoms with Crippen molar-refractivity contribution in [2.24, 2.45) is 5.41 Å². The van der Waals surface area contributed by atoms with E-state index < -0.39 is 0 Å². The summed E-state index contributed by atoms with van der Waals surface area (Å²) in [7, 11) is 1.48. The number of carbonyl (C=O) groups excluding carboxylic acids is 1. The second-order valence-electron chi connectivity index (χ2n) is 7.46. The van der Waals surface area contributed by atoms with Crippen LogP contribution in [0, 0.1) is 5.41 Å². The first-order chi connectivity index (χ1) is 12.6. The highest BCUT2D eigenvalue weighted by molar-refractivity contribution is 6.13. The van der Waals surface area contributed by atoms with E-state index in [0.717, 1.165) is 37.9 Å². The maximum Gasteiger partial charge on any atom is 0.354 e. The lowest BCUT2D eigenvalue weighted by molar-refractivity contribution is -0.134. The lowest BCUT2D eigenvalue weighted by atomic mass is 9.69. The third kappa shape index (κ3) is 2.14. The second kappa shape index (κ2) is 6.27. The van der Waals surface area contributed by atoms with Crippen LogP contribution in [0.1, 0.15) is 50.9 Å². The number of nitrogens with zero attached hydrogens (tertiary/aromatic N) is 2. The average molecular weight is 352 g/mol. The van der Waals surface area contributed by atoms with Gasteiger partial charge in [0.2, 0.25) is 0 Å². The van der Waals surface area contributed by atoms with Crippen molar-refractivity contribution in [2.45, 2.75) is 46.1 Å². The number of ether oxygens (including phenoxy) is 1. The van der Waals surface area contributed by atoms with Crippen LogP contribution < -0.4 is 0 Å². The fraction of sp³-hybridized carbons (Fsp3) is 0.500. The first kappa shape index (κ1) is 17.3. The lowest BCUT2D eigenvalue weighted by Gasteiger charge is -2.49. The van der Waals surface area contributed by atoms with E-state index in [9.17, 15) is 4.79 Å². The number of benzene rings is 1. The van der Waals surface area contributed by atoms with Crippen molar-refractivity contribution in [3.63, 3.8) is 0 Å². The molecule has 4 heteroatoms. The molecule has 1 aromatic carbocycles. The van der Waals surface area contributed by atoms with E-state index in [1.54, 1.807) is 0 Å². The van der Waals surface area contributed by atoms with Gasteiger partial charge in [-0.2, -0.15) is 0 Å². The minimum absolute atomic E-state index is 0.0426. The first-order valence-corrected chi connectivity index (χ1v) is 9.79. The Labute approximate surface area is 155 Å². The summed E-state index contributed by atoms with van der Waals surface area (Å²) in [5, 5.41) is 1.28. The van der Waals surface area contributed by atoms with Crippen LogP contribution >= 0.6 is 0 Å². The van der Waals surface area contributed by atoms with Gasteiger partial charge in [0, 0.05) is 23.0 Å². The zero-order valence-electron chi connectivity index (χ0n) is 16.2. The predicted octanol–water partition coefficient (Wildman–Crippen LogP) is 4.39. The predicted molar refractivity (Wildman–Crippen MR) is 105 cm³/mol. The zero-order valence-corrected chi connectivity index (χ0v) is 16.2. The monoisotopic (exact) mass is 352 g/mol. The van der Waals surface area contributed by atoms with Gasteiger partial charge in [-0.3, -0.25) is 4.90 Å². The smallest absolute Gasteiger partial charge is 0.354 e. The van der Waals surface area contributed by atoms with Gasteiger partial charge in [0.1, 0.15) is 5.70 Å². The molecule has 26 heavy (non-hydrogen) atoms. The van der Waals surface area contributed by atoms with Gasteiger partial charge in [0.05, 0.1) is 18.7 Å². The highest BCUT2D eigenvalue weighted by Crippen LogP contribution is 2.54. The number of esters is 1. The molecule has 0 spiro atoms. The van der Waals surface area contributed by atoms with E-state index in [1.165, 1.54) is 23.8 Å². The maximum atomic E-state index is 12.7. The van der Waals surface area contributed by atoms with Gasteiger partial charge in [-0.05, 0) is 43.5 Å². The van der Waals surface area contributed by atoms with Crippen molar-refractivity contribution < 1.29 is 9.53 Å². The number of methoxy groups -OCH3 is 1. The molecule has 4 rings (SSSR count). The zero-order chi connectivity index (χ0) is 18.5. The van der Waals surface area contributed by atoms with Crippen LogP contribution in [0.5, 0.6) is 0 Å². The van der Waals surface area contributed by atoms with Crippen molar-refractivity contribution in [1.29, 1.82) is 0 Å². The molecule has 0 bridgehead atoms. The summed E-state index contributed by atoms with van der Waals surface area (Å²) >= 11 is 0. The third-order valence-electron chi connectivity index (χ3n) is 6.62. The van der Waals surface area contributed by atoms with Crippen LogP contribution in [0.3, 0.4) is 0 Å². The molecule has 138 valence electrons. The van der Waals surface area contributed by atoms with E-state index in [4.69, 9.17) is 4.74 Å². The Morgan fingerprint density at radius 1 is 1.23 bits per heavy atom. The Morgan fingerprint density at radius 2 is 1.96 bits per heavy atom. The quantitative estimate of drug-likeness (QED) is 0.765. The Bertz CT molecular complexity index is 889. The van der Waals surface area contributed by atoms with Crippen molar-refractivity contribution >= 4 is 22.6 Å². The van der Waals surface area contributed by atoms with Crippen molar-refractivity contribution in [3.8, 4) is 0 Å². The Hall–Kier alpha value is -2.07. The normalized spacial score (nSPS) is 21.4. The molecule has 0 N–H and O–H groups in total. The van der Waals surface area contributed by atoms with Gasteiger partial charge in [-0.25, -0.2) is 4.79 Å². The van der Waals surface area contributed by atoms with Gasteiger partial charge < -0.3 is 9.30 Å².